The SMILES string of the molecule is CNc1ccccc1C(=O)NCCc1ncno1. The number of hydrogen-bond donors (Lipinski definition) is 2. The van der Waals surface area contributed by atoms with Crippen molar-refractivity contribution in [3.8, 4) is 0 Å². The molecule has 0 spiro atoms. The van der Waals surface area contributed by atoms with Crippen LogP contribution < -0.4 is 10.6 Å². The fourth-order valence-corrected chi connectivity index (χ4v) is 1.58. The van der Waals surface area contributed by atoms with Gasteiger partial charge in [0.15, 0.2) is 6.33 Å². The van der Waals surface area contributed by atoms with Crippen molar-refractivity contribution in [2.75, 3.05) is 18.9 Å². The number of nitrogens with zero attached hydrogens (tertiary/aromatic N) is 2. The quantitative estimate of drug-likeness (QED) is 0.825. The minimum atomic E-state index is -0.125. The molecule has 2 aromatic rings. The molecule has 0 radical (unpaired) electrons. The van der Waals surface area contributed by atoms with Crippen LogP contribution >= 0.6 is 0 Å². The number of nitrogens with one attached hydrogen (secondary N) is 2. The summed E-state index contributed by atoms with van der Waals surface area (Å²) in [5, 5.41) is 9.28. The molecule has 94 valence electrons. The van der Waals surface area contributed by atoms with E-state index in [9.17, 15) is 4.79 Å². The van der Waals surface area contributed by atoms with Gasteiger partial charge in [-0.15, -0.1) is 0 Å². The van der Waals surface area contributed by atoms with Gasteiger partial charge in [-0.1, -0.05) is 17.3 Å². The number of rotatable bonds is 5. The van der Waals surface area contributed by atoms with E-state index in [1.807, 2.05) is 18.2 Å². The van der Waals surface area contributed by atoms with E-state index in [1.54, 1.807) is 13.1 Å². The van der Waals surface area contributed by atoms with E-state index in [4.69, 9.17) is 4.52 Å². The van der Waals surface area contributed by atoms with Crippen LogP contribution in [0.15, 0.2) is 35.1 Å². The average molecular weight is 246 g/mol. The van der Waals surface area contributed by atoms with E-state index in [-0.39, 0.29) is 5.91 Å². The van der Waals surface area contributed by atoms with Gasteiger partial charge in [0.1, 0.15) is 0 Å². The normalized spacial score (nSPS) is 10.1. The standard InChI is InChI=1S/C12H14N4O2/c1-13-10-5-3-2-4-9(10)12(17)14-7-6-11-15-8-16-18-11/h2-5,8,13H,6-7H2,1H3,(H,14,17). The van der Waals surface area contributed by atoms with Crippen molar-refractivity contribution < 1.29 is 9.32 Å². The molecule has 0 unspecified atom stereocenters. The summed E-state index contributed by atoms with van der Waals surface area (Å²) in [5.74, 6) is 0.386. The van der Waals surface area contributed by atoms with Crippen LogP contribution in [0, 0.1) is 0 Å². The first-order chi connectivity index (χ1) is 8.81. The minimum Gasteiger partial charge on any atom is -0.387 e. The van der Waals surface area contributed by atoms with Crippen LogP contribution in [-0.2, 0) is 6.42 Å². The molecule has 0 aliphatic rings. The highest BCUT2D eigenvalue weighted by Crippen LogP contribution is 2.13. The molecule has 1 heterocycles. The van der Waals surface area contributed by atoms with Gasteiger partial charge < -0.3 is 15.2 Å². The Hall–Kier alpha value is -2.37. The van der Waals surface area contributed by atoms with Crippen molar-refractivity contribution in [3.05, 3.63) is 42.0 Å². The maximum absolute atomic E-state index is 11.9. The number of carbonyl (C=O) groups excluding carboxylic acids is 1. The highest BCUT2D eigenvalue weighted by atomic mass is 16.5. The summed E-state index contributed by atoms with van der Waals surface area (Å²) >= 11 is 0. The number of amides is 1. The van der Waals surface area contributed by atoms with Crippen LogP contribution in [0.1, 0.15) is 16.2 Å². The molecule has 2 N–H and O–H groups in total. The Kier molecular flexibility index (Phi) is 3.90. The maximum atomic E-state index is 11.9. The van der Waals surface area contributed by atoms with Crippen LogP contribution in [0.5, 0.6) is 0 Å². The number of aromatic nitrogens is 2. The first-order valence-corrected chi connectivity index (χ1v) is 5.62. The summed E-state index contributed by atoms with van der Waals surface area (Å²) in [6.45, 7) is 0.457. The van der Waals surface area contributed by atoms with Crippen molar-refractivity contribution in [1.29, 1.82) is 0 Å². The first kappa shape index (κ1) is 12.1. The Morgan fingerprint density at radius 1 is 1.39 bits per heavy atom. The second kappa shape index (κ2) is 5.81. The maximum Gasteiger partial charge on any atom is 0.253 e. The van der Waals surface area contributed by atoms with Gasteiger partial charge >= 0.3 is 0 Å². The molecule has 0 fully saturated rings. The second-order valence-corrected chi connectivity index (χ2v) is 3.64. The fraction of sp³-hybridized carbons (Fsp3) is 0.250. The Morgan fingerprint density at radius 3 is 2.94 bits per heavy atom. The summed E-state index contributed by atoms with van der Waals surface area (Å²) in [6, 6.07) is 7.33. The van der Waals surface area contributed by atoms with Crippen LogP contribution in [0.25, 0.3) is 0 Å². The van der Waals surface area contributed by atoms with Gasteiger partial charge in [-0.05, 0) is 12.1 Å². The zero-order chi connectivity index (χ0) is 12.8. The summed E-state index contributed by atoms with van der Waals surface area (Å²) in [5.41, 5.74) is 1.42. The zero-order valence-corrected chi connectivity index (χ0v) is 10.0. The van der Waals surface area contributed by atoms with Gasteiger partial charge in [-0.2, -0.15) is 4.98 Å². The number of benzene rings is 1. The lowest BCUT2D eigenvalue weighted by molar-refractivity contribution is 0.0954. The third-order valence-electron chi connectivity index (χ3n) is 2.47. The van der Waals surface area contributed by atoms with Gasteiger partial charge in [0, 0.05) is 25.7 Å². The van der Waals surface area contributed by atoms with Crippen molar-refractivity contribution >= 4 is 11.6 Å². The number of anilines is 1. The Balaban J connectivity index is 1.91. The smallest absolute Gasteiger partial charge is 0.253 e. The molecule has 0 atom stereocenters. The number of hydrogen-bond acceptors (Lipinski definition) is 5. The van der Waals surface area contributed by atoms with Crippen molar-refractivity contribution in [2.45, 2.75) is 6.42 Å². The predicted octanol–water partition coefficient (Wildman–Crippen LogP) is 1.08. The molecular formula is C12H14N4O2. The van der Waals surface area contributed by atoms with Gasteiger partial charge in [0.05, 0.1) is 5.56 Å². The molecule has 0 aliphatic heterocycles. The Labute approximate surface area is 104 Å². The molecule has 0 saturated heterocycles. The van der Waals surface area contributed by atoms with Gasteiger partial charge in [0.2, 0.25) is 5.89 Å². The largest absolute Gasteiger partial charge is 0.387 e. The molecule has 0 bridgehead atoms. The molecule has 0 aliphatic carbocycles. The van der Waals surface area contributed by atoms with Crippen molar-refractivity contribution in [3.63, 3.8) is 0 Å². The molecule has 1 aromatic carbocycles. The van der Waals surface area contributed by atoms with E-state index < -0.39 is 0 Å². The van der Waals surface area contributed by atoms with Crippen LogP contribution in [0.3, 0.4) is 0 Å². The summed E-state index contributed by atoms with van der Waals surface area (Å²) in [7, 11) is 1.78. The Morgan fingerprint density at radius 2 is 2.22 bits per heavy atom. The zero-order valence-electron chi connectivity index (χ0n) is 10.0. The number of carbonyl (C=O) groups is 1. The average Bonchev–Trinajstić information content (AvgIpc) is 2.91. The predicted molar refractivity (Wildman–Crippen MR) is 66.3 cm³/mol. The van der Waals surface area contributed by atoms with Crippen LogP contribution in [-0.4, -0.2) is 29.6 Å². The van der Waals surface area contributed by atoms with Crippen LogP contribution in [0.2, 0.25) is 0 Å². The van der Waals surface area contributed by atoms with Crippen molar-refractivity contribution in [1.82, 2.24) is 15.5 Å². The molecule has 18 heavy (non-hydrogen) atoms. The molecule has 0 saturated carbocycles. The fourth-order valence-electron chi connectivity index (χ4n) is 1.58. The molecule has 6 heteroatoms. The summed E-state index contributed by atoms with van der Waals surface area (Å²) < 4.78 is 4.84. The third-order valence-corrected chi connectivity index (χ3v) is 2.47. The van der Waals surface area contributed by atoms with Crippen molar-refractivity contribution in [2.24, 2.45) is 0 Å². The molecule has 2 rings (SSSR count). The highest BCUT2D eigenvalue weighted by molar-refractivity contribution is 5.99. The lowest BCUT2D eigenvalue weighted by Gasteiger charge is -2.08. The number of para-hydroxylation sites is 1. The van der Waals surface area contributed by atoms with Gasteiger partial charge in [-0.25, -0.2) is 0 Å². The topological polar surface area (TPSA) is 80.0 Å². The molecule has 6 nitrogen and oxygen atoms in total. The summed E-state index contributed by atoms with van der Waals surface area (Å²) in [4.78, 5) is 15.8. The Bertz CT molecular complexity index is 511. The van der Waals surface area contributed by atoms with Gasteiger partial charge in [0.25, 0.3) is 5.91 Å². The lowest BCUT2D eigenvalue weighted by atomic mass is 10.1. The lowest BCUT2D eigenvalue weighted by Crippen LogP contribution is -2.26. The minimum absolute atomic E-state index is 0.125. The molecular weight excluding hydrogens is 232 g/mol. The van der Waals surface area contributed by atoms with E-state index in [0.29, 0.717) is 24.4 Å². The first-order valence-electron chi connectivity index (χ1n) is 5.62. The van der Waals surface area contributed by atoms with Gasteiger partial charge in [-0.3, -0.25) is 4.79 Å². The third kappa shape index (κ3) is 2.85. The van der Waals surface area contributed by atoms with E-state index in [0.717, 1.165) is 5.69 Å². The highest BCUT2D eigenvalue weighted by Gasteiger charge is 2.09. The van der Waals surface area contributed by atoms with E-state index in [1.165, 1.54) is 6.33 Å². The summed E-state index contributed by atoms with van der Waals surface area (Å²) in [6.07, 6.45) is 1.86. The second-order valence-electron chi connectivity index (χ2n) is 3.64. The van der Waals surface area contributed by atoms with E-state index in [2.05, 4.69) is 20.8 Å². The van der Waals surface area contributed by atoms with E-state index >= 15 is 0 Å². The molecule has 1 aromatic heterocycles. The monoisotopic (exact) mass is 246 g/mol. The van der Waals surface area contributed by atoms with Crippen LogP contribution in [0.4, 0.5) is 5.69 Å². The molecule has 1 amide bonds.